The maximum Gasteiger partial charge on any atom is 0.254 e. The normalized spacial score (nSPS) is 20.6. The Morgan fingerprint density at radius 1 is 1.42 bits per heavy atom. The van der Waals surface area contributed by atoms with Crippen molar-refractivity contribution in [1.29, 1.82) is 0 Å². The Balaban J connectivity index is 1.97. The molecule has 1 fully saturated rings. The lowest BCUT2D eigenvalue weighted by Gasteiger charge is -2.41. The van der Waals surface area contributed by atoms with Gasteiger partial charge in [-0.3, -0.25) is 9.48 Å². The molecule has 1 saturated heterocycles. The van der Waals surface area contributed by atoms with Gasteiger partial charge in [0, 0.05) is 42.5 Å². The van der Waals surface area contributed by atoms with E-state index in [2.05, 4.69) is 5.10 Å². The van der Waals surface area contributed by atoms with E-state index in [1.165, 1.54) is 18.2 Å². The number of morpholine rings is 1. The predicted molar refractivity (Wildman–Crippen MR) is 96.7 cm³/mol. The zero-order chi connectivity index (χ0) is 18.8. The first-order valence-electron chi connectivity index (χ1n) is 8.37. The Bertz CT molecular complexity index is 775. The second-order valence-corrected chi connectivity index (χ2v) is 7.16. The number of nitrogens with zero attached hydrogens (tertiary/aromatic N) is 4. The van der Waals surface area contributed by atoms with Crippen LogP contribution in [0.3, 0.4) is 0 Å². The summed E-state index contributed by atoms with van der Waals surface area (Å²) < 4.78 is 21.4. The molecule has 0 unspecified atom stereocenters. The second kappa shape index (κ2) is 7.73. The van der Waals surface area contributed by atoms with Crippen molar-refractivity contribution in [2.75, 3.05) is 33.8 Å². The van der Waals surface area contributed by atoms with Crippen molar-refractivity contribution in [3.8, 4) is 0 Å². The molecule has 1 aromatic heterocycles. The standard InChI is InChI=1S/C18H22ClFN4O2/c1-22(2)11-16-17(13-9-21-23(3)10-13)24(4-5-26-16)18(25)12-6-14(19)8-15(20)7-12/h6-10,16-17H,4-5,11H2,1-3H3/t16-,17-/m0/s1. The highest BCUT2D eigenvalue weighted by atomic mass is 35.5. The average Bonchev–Trinajstić information content (AvgIpc) is 2.98. The summed E-state index contributed by atoms with van der Waals surface area (Å²) in [6, 6.07) is 3.58. The number of rotatable bonds is 4. The van der Waals surface area contributed by atoms with Crippen molar-refractivity contribution in [3.05, 3.63) is 52.6 Å². The number of amides is 1. The molecule has 2 atom stereocenters. The van der Waals surface area contributed by atoms with Crippen molar-refractivity contribution < 1.29 is 13.9 Å². The van der Waals surface area contributed by atoms with Crippen molar-refractivity contribution in [3.63, 3.8) is 0 Å². The third kappa shape index (κ3) is 4.06. The molecule has 2 heterocycles. The van der Waals surface area contributed by atoms with Crippen LogP contribution >= 0.6 is 11.6 Å². The summed E-state index contributed by atoms with van der Waals surface area (Å²) in [6.45, 7) is 1.48. The summed E-state index contributed by atoms with van der Waals surface area (Å²) in [7, 11) is 5.74. The van der Waals surface area contributed by atoms with E-state index in [1.54, 1.807) is 15.8 Å². The molecular weight excluding hydrogens is 359 g/mol. The van der Waals surface area contributed by atoms with Gasteiger partial charge in [-0.1, -0.05) is 11.6 Å². The van der Waals surface area contributed by atoms with Gasteiger partial charge in [-0.05, 0) is 32.3 Å². The number of aryl methyl sites for hydroxylation is 1. The van der Waals surface area contributed by atoms with Crippen molar-refractivity contribution in [1.82, 2.24) is 19.6 Å². The number of carbonyl (C=O) groups excluding carboxylic acids is 1. The van der Waals surface area contributed by atoms with E-state index < -0.39 is 5.82 Å². The van der Waals surface area contributed by atoms with Crippen LogP contribution in [0.25, 0.3) is 0 Å². The minimum absolute atomic E-state index is 0.198. The second-order valence-electron chi connectivity index (χ2n) is 6.72. The quantitative estimate of drug-likeness (QED) is 0.817. The van der Waals surface area contributed by atoms with Gasteiger partial charge in [-0.15, -0.1) is 0 Å². The van der Waals surface area contributed by atoms with E-state index >= 15 is 0 Å². The summed E-state index contributed by atoms with van der Waals surface area (Å²) in [5, 5.41) is 4.43. The number of ether oxygens (including phenoxy) is 1. The molecule has 1 amide bonds. The van der Waals surface area contributed by atoms with Crippen LogP contribution in [0, 0.1) is 5.82 Å². The van der Waals surface area contributed by atoms with Crippen molar-refractivity contribution in [2.24, 2.45) is 7.05 Å². The average molecular weight is 381 g/mol. The maximum absolute atomic E-state index is 13.7. The van der Waals surface area contributed by atoms with Gasteiger partial charge in [0.05, 0.1) is 24.9 Å². The van der Waals surface area contributed by atoms with Crippen LogP contribution in [-0.2, 0) is 11.8 Å². The smallest absolute Gasteiger partial charge is 0.254 e. The molecule has 0 aliphatic carbocycles. The molecule has 8 heteroatoms. The highest BCUT2D eigenvalue weighted by Gasteiger charge is 2.37. The van der Waals surface area contributed by atoms with Crippen LogP contribution in [0.2, 0.25) is 5.02 Å². The molecule has 0 spiro atoms. The van der Waals surface area contributed by atoms with Gasteiger partial charge in [0.25, 0.3) is 5.91 Å². The van der Waals surface area contributed by atoms with E-state index in [1.807, 2.05) is 32.2 Å². The Labute approximate surface area is 157 Å². The molecule has 3 rings (SSSR count). The highest BCUT2D eigenvalue weighted by Crippen LogP contribution is 2.31. The van der Waals surface area contributed by atoms with Gasteiger partial charge in [0.2, 0.25) is 0 Å². The number of halogens is 2. The molecule has 0 saturated carbocycles. The van der Waals surface area contributed by atoms with Gasteiger partial charge in [-0.2, -0.15) is 5.10 Å². The third-order valence-corrected chi connectivity index (χ3v) is 4.55. The van der Waals surface area contributed by atoms with E-state index in [0.29, 0.717) is 19.7 Å². The molecule has 1 aliphatic rings. The van der Waals surface area contributed by atoms with Gasteiger partial charge in [0.15, 0.2) is 0 Å². The van der Waals surface area contributed by atoms with Gasteiger partial charge in [-0.25, -0.2) is 4.39 Å². The molecule has 1 aromatic carbocycles. The van der Waals surface area contributed by atoms with E-state index in [0.717, 1.165) is 5.56 Å². The molecule has 140 valence electrons. The number of benzene rings is 1. The first-order valence-corrected chi connectivity index (χ1v) is 8.75. The monoisotopic (exact) mass is 380 g/mol. The Morgan fingerprint density at radius 2 is 2.19 bits per heavy atom. The maximum atomic E-state index is 13.7. The van der Waals surface area contributed by atoms with Gasteiger partial charge >= 0.3 is 0 Å². The minimum atomic E-state index is -0.531. The van der Waals surface area contributed by atoms with Crippen molar-refractivity contribution in [2.45, 2.75) is 12.1 Å². The minimum Gasteiger partial charge on any atom is -0.373 e. The highest BCUT2D eigenvalue weighted by molar-refractivity contribution is 6.31. The van der Waals surface area contributed by atoms with E-state index in [9.17, 15) is 9.18 Å². The number of likely N-dealkylation sites (N-methyl/N-ethyl adjacent to an activating group) is 1. The SMILES string of the molecule is CN(C)C[C@@H]1OCCN(C(=O)c2cc(F)cc(Cl)c2)[C@H]1c1cnn(C)c1. The van der Waals surface area contributed by atoms with Gasteiger partial charge < -0.3 is 14.5 Å². The number of carbonyl (C=O) groups is 1. The summed E-state index contributed by atoms with van der Waals surface area (Å²) in [6.07, 6.45) is 3.40. The fourth-order valence-corrected chi connectivity index (χ4v) is 3.53. The molecule has 0 radical (unpaired) electrons. The first kappa shape index (κ1) is 18.8. The molecule has 0 bridgehead atoms. The zero-order valence-electron chi connectivity index (χ0n) is 15.0. The van der Waals surface area contributed by atoms with E-state index in [-0.39, 0.29) is 28.6 Å². The fraction of sp³-hybridized carbons (Fsp3) is 0.444. The molecule has 6 nitrogen and oxygen atoms in total. The molecule has 2 aromatic rings. The van der Waals surface area contributed by atoms with Crippen LogP contribution in [0.4, 0.5) is 4.39 Å². The molecule has 0 N–H and O–H groups in total. The van der Waals surface area contributed by atoms with Crippen LogP contribution < -0.4 is 0 Å². The lowest BCUT2D eigenvalue weighted by molar-refractivity contribution is -0.0684. The van der Waals surface area contributed by atoms with Crippen LogP contribution in [-0.4, -0.2) is 65.4 Å². The van der Waals surface area contributed by atoms with E-state index in [4.69, 9.17) is 16.3 Å². The topological polar surface area (TPSA) is 50.6 Å². The number of hydrogen-bond donors (Lipinski definition) is 0. The number of hydrogen-bond acceptors (Lipinski definition) is 4. The largest absolute Gasteiger partial charge is 0.373 e. The lowest BCUT2D eigenvalue weighted by atomic mass is 9.99. The summed E-state index contributed by atoms with van der Waals surface area (Å²) in [5.74, 6) is -0.802. The summed E-state index contributed by atoms with van der Waals surface area (Å²) in [5.41, 5.74) is 1.12. The molecule has 1 aliphatic heterocycles. The lowest BCUT2D eigenvalue weighted by Crippen LogP contribution is -2.51. The molecular formula is C18H22ClFN4O2. The van der Waals surface area contributed by atoms with Gasteiger partial charge in [0.1, 0.15) is 5.82 Å². The van der Waals surface area contributed by atoms with Crippen LogP contribution in [0.15, 0.2) is 30.6 Å². The Kier molecular flexibility index (Phi) is 5.60. The third-order valence-electron chi connectivity index (χ3n) is 4.33. The number of aromatic nitrogens is 2. The Morgan fingerprint density at radius 3 is 2.81 bits per heavy atom. The summed E-state index contributed by atoms with van der Waals surface area (Å²) in [4.78, 5) is 16.9. The first-order chi connectivity index (χ1) is 12.3. The predicted octanol–water partition coefficient (Wildman–Crippen LogP) is 2.36. The fourth-order valence-electron chi connectivity index (χ4n) is 3.30. The van der Waals surface area contributed by atoms with Crippen molar-refractivity contribution >= 4 is 17.5 Å². The Hall–Kier alpha value is -1.96. The van der Waals surface area contributed by atoms with Crippen LogP contribution in [0.1, 0.15) is 22.0 Å². The zero-order valence-corrected chi connectivity index (χ0v) is 15.8. The van der Waals surface area contributed by atoms with Crippen LogP contribution in [0.5, 0.6) is 0 Å². The molecule has 26 heavy (non-hydrogen) atoms. The summed E-state index contributed by atoms with van der Waals surface area (Å²) >= 11 is 5.93.